The molecule has 0 saturated heterocycles. The number of nitriles is 1. The van der Waals surface area contributed by atoms with Gasteiger partial charge < -0.3 is 5.73 Å². The Kier molecular flexibility index (Phi) is 8.94. The van der Waals surface area contributed by atoms with Crippen LogP contribution in [0.2, 0.25) is 0 Å². The fourth-order valence-electron chi connectivity index (χ4n) is 1.30. The fraction of sp³-hybridized carbons (Fsp3) is 0.917. The van der Waals surface area contributed by atoms with Crippen molar-refractivity contribution in [1.82, 2.24) is 0 Å². The summed E-state index contributed by atoms with van der Waals surface area (Å²) in [7, 11) is 0. The van der Waals surface area contributed by atoms with Gasteiger partial charge in [-0.15, -0.1) is 0 Å². The zero-order valence-electron chi connectivity index (χ0n) is 10.1. The van der Waals surface area contributed by atoms with E-state index in [1.807, 2.05) is 0 Å². The zero-order valence-corrected chi connectivity index (χ0v) is 10.9. The fourth-order valence-corrected chi connectivity index (χ4v) is 2.34. The summed E-state index contributed by atoms with van der Waals surface area (Å²) in [5.74, 6) is 1.89. The summed E-state index contributed by atoms with van der Waals surface area (Å²) in [4.78, 5) is 0. The second kappa shape index (κ2) is 9.06. The van der Waals surface area contributed by atoms with E-state index in [1.165, 1.54) is 38.5 Å². The van der Waals surface area contributed by atoms with Crippen LogP contribution in [0.15, 0.2) is 0 Å². The first-order chi connectivity index (χ1) is 7.12. The molecule has 0 radical (unpaired) electrons. The highest BCUT2D eigenvalue weighted by molar-refractivity contribution is 7.99. The van der Waals surface area contributed by atoms with E-state index in [9.17, 15) is 0 Å². The van der Waals surface area contributed by atoms with Crippen LogP contribution in [-0.4, -0.2) is 17.0 Å². The Balaban J connectivity index is 3.16. The first kappa shape index (κ1) is 14.8. The van der Waals surface area contributed by atoms with Crippen molar-refractivity contribution in [2.45, 2.75) is 57.9 Å². The predicted octanol–water partition coefficient (Wildman–Crippen LogP) is 3.32. The molecule has 0 spiro atoms. The first-order valence-corrected chi connectivity index (χ1v) is 7.05. The molecule has 0 aromatic rings. The molecule has 0 saturated carbocycles. The molecule has 0 aromatic carbocycles. The van der Waals surface area contributed by atoms with Gasteiger partial charge in [0, 0.05) is 5.75 Å². The minimum absolute atomic E-state index is 0.646. The van der Waals surface area contributed by atoms with Gasteiger partial charge in [-0.05, 0) is 19.1 Å². The summed E-state index contributed by atoms with van der Waals surface area (Å²) in [6, 6.07) is 2.12. The molecule has 2 nitrogen and oxygen atoms in total. The minimum atomic E-state index is -0.646. The van der Waals surface area contributed by atoms with Crippen molar-refractivity contribution in [2.24, 2.45) is 5.73 Å². The quantitative estimate of drug-likeness (QED) is 0.616. The van der Waals surface area contributed by atoms with Gasteiger partial charge in [0.05, 0.1) is 6.07 Å². The summed E-state index contributed by atoms with van der Waals surface area (Å²) in [5, 5.41) is 8.71. The Labute approximate surface area is 98.6 Å². The molecule has 15 heavy (non-hydrogen) atoms. The van der Waals surface area contributed by atoms with E-state index in [0.717, 1.165) is 11.5 Å². The van der Waals surface area contributed by atoms with E-state index in [1.54, 1.807) is 18.7 Å². The van der Waals surface area contributed by atoms with Crippen molar-refractivity contribution < 1.29 is 0 Å². The van der Waals surface area contributed by atoms with Crippen LogP contribution in [0.3, 0.4) is 0 Å². The van der Waals surface area contributed by atoms with E-state index in [4.69, 9.17) is 11.0 Å². The van der Waals surface area contributed by atoms with Crippen molar-refractivity contribution in [3.8, 4) is 6.07 Å². The molecule has 0 fully saturated rings. The Morgan fingerprint density at radius 1 is 1.20 bits per heavy atom. The summed E-state index contributed by atoms with van der Waals surface area (Å²) < 4.78 is 0. The van der Waals surface area contributed by atoms with Crippen LogP contribution in [0, 0.1) is 11.3 Å². The molecule has 0 aliphatic carbocycles. The highest BCUT2D eigenvalue weighted by Gasteiger charge is 2.16. The maximum atomic E-state index is 8.71. The van der Waals surface area contributed by atoms with Crippen molar-refractivity contribution in [3.63, 3.8) is 0 Å². The lowest BCUT2D eigenvalue weighted by Crippen LogP contribution is -2.36. The van der Waals surface area contributed by atoms with Crippen molar-refractivity contribution in [2.75, 3.05) is 11.5 Å². The second-order valence-electron chi connectivity index (χ2n) is 4.35. The number of thioether (sulfide) groups is 1. The van der Waals surface area contributed by atoms with Crippen LogP contribution in [0.5, 0.6) is 0 Å². The van der Waals surface area contributed by atoms with Crippen molar-refractivity contribution in [3.05, 3.63) is 0 Å². The molecule has 88 valence electrons. The molecule has 2 N–H and O–H groups in total. The number of hydrogen-bond donors (Lipinski definition) is 1. The molecule has 0 aromatic heterocycles. The maximum Gasteiger partial charge on any atom is 0.110 e. The van der Waals surface area contributed by atoms with Gasteiger partial charge in [-0.3, -0.25) is 0 Å². The zero-order chi connectivity index (χ0) is 11.6. The molecule has 0 heterocycles. The van der Waals surface area contributed by atoms with Gasteiger partial charge in [-0.2, -0.15) is 17.0 Å². The summed E-state index contributed by atoms with van der Waals surface area (Å²) in [6.45, 7) is 4.03. The Morgan fingerprint density at radius 3 is 2.40 bits per heavy atom. The van der Waals surface area contributed by atoms with E-state index in [0.29, 0.717) is 0 Å². The summed E-state index contributed by atoms with van der Waals surface area (Å²) in [6.07, 6.45) is 7.97. The minimum Gasteiger partial charge on any atom is -0.313 e. The summed E-state index contributed by atoms with van der Waals surface area (Å²) >= 11 is 1.80. The normalized spacial score (nSPS) is 14.5. The Hall–Kier alpha value is -0.200. The lowest BCUT2D eigenvalue weighted by molar-refractivity contribution is 0.626. The molecule has 1 unspecified atom stereocenters. The molecule has 1 atom stereocenters. The number of unbranched alkanes of at least 4 members (excludes halogenated alkanes) is 5. The lowest BCUT2D eigenvalue weighted by Gasteiger charge is -2.13. The van der Waals surface area contributed by atoms with Gasteiger partial charge >= 0.3 is 0 Å². The van der Waals surface area contributed by atoms with E-state index in [2.05, 4.69) is 13.0 Å². The van der Waals surface area contributed by atoms with Gasteiger partial charge in [0.25, 0.3) is 0 Å². The maximum absolute atomic E-state index is 8.71. The molecule has 3 heteroatoms. The lowest BCUT2D eigenvalue weighted by atomic mass is 10.1. The van der Waals surface area contributed by atoms with Crippen molar-refractivity contribution >= 4 is 11.8 Å². The highest BCUT2D eigenvalue weighted by Crippen LogP contribution is 2.13. The molecule has 0 bridgehead atoms. The average molecular weight is 228 g/mol. The number of nitrogens with zero attached hydrogens (tertiary/aromatic N) is 1. The second-order valence-corrected chi connectivity index (χ2v) is 5.45. The third-order valence-corrected chi connectivity index (χ3v) is 3.68. The van der Waals surface area contributed by atoms with Gasteiger partial charge in [0.15, 0.2) is 0 Å². The Bertz CT molecular complexity index is 185. The topological polar surface area (TPSA) is 49.8 Å². The predicted molar refractivity (Wildman–Crippen MR) is 68.9 cm³/mol. The van der Waals surface area contributed by atoms with Gasteiger partial charge in [-0.1, -0.05) is 39.0 Å². The van der Waals surface area contributed by atoms with Gasteiger partial charge in [-0.25, -0.2) is 0 Å². The number of hydrogen-bond acceptors (Lipinski definition) is 3. The highest BCUT2D eigenvalue weighted by atomic mass is 32.2. The molecule has 0 amide bonds. The first-order valence-electron chi connectivity index (χ1n) is 5.90. The standard InChI is InChI=1S/C12H24N2S/c1-3-4-5-6-7-8-9-15-11-12(2,14)10-13/h3-9,11,14H2,1-2H3. The molecular weight excluding hydrogens is 204 g/mol. The van der Waals surface area contributed by atoms with Crippen LogP contribution < -0.4 is 5.73 Å². The van der Waals surface area contributed by atoms with Crippen LogP contribution >= 0.6 is 11.8 Å². The van der Waals surface area contributed by atoms with E-state index in [-0.39, 0.29) is 0 Å². The Morgan fingerprint density at radius 2 is 1.80 bits per heavy atom. The van der Waals surface area contributed by atoms with Crippen molar-refractivity contribution in [1.29, 1.82) is 5.26 Å². The van der Waals surface area contributed by atoms with E-state index >= 15 is 0 Å². The largest absolute Gasteiger partial charge is 0.313 e. The SMILES string of the molecule is CCCCCCCCSCC(C)(N)C#N. The van der Waals surface area contributed by atoms with Crippen LogP contribution in [-0.2, 0) is 0 Å². The number of nitrogens with two attached hydrogens (primary N) is 1. The van der Waals surface area contributed by atoms with Crippen LogP contribution in [0.25, 0.3) is 0 Å². The van der Waals surface area contributed by atoms with Crippen LogP contribution in [0.4, 0.5) is 0 Å². The average Bonchev–Trinajstić information content (AvgIpc) is 2.22. The summed E-state index contributed by atoms with van der Waals surface area (Å²) in [5.41, 5.74) is 5.07. The van der Waals surface area contributed by atoms with Gasteiger partial charge in [0.2, 0.25) is 0 Å². The smallest absolute Gasteiger partial charge is 0.110 e. The third-order valence-electron chi connectivity index (χ3n) is 2.30. The molecule has 0 aliphatic heterocycles. The monoisotopic (exact) mass is 228 g/mol. The third kappa shape index (κ3) is 10.1. The van der Waals surface area contributed by atoms with Crippen LogP contribution in [0.1, 0.15) is 52.4 Å². The number of rotatable bonds is 9. The van der Waals surface area contributed by atoms with Gasteiger partial charge in [0.1, 0.15) is 5.54 Å². The van der Waals surface area contributed by atoms with E-state index < -0.39 is 5.54 Å². The molecular formula is C12H24N2S. The molecule has 0 rings (SSSR count). The molecule has 0 aliphatic rings.